The summed E-state index contributed by atoms with van der Waals surface area (Å²) in [5.41, 5.74) is 2.64. The minimum Gasteiger partial charge on any atom is -0.348 e. The molecule has 1 amide bonds. The van der Waals surface area contributed by atoms with Crippen molar-refractivity contribution >= 4 is 15.9 Å². The lowest BCUT2D eigenvalue weighted by Gasteiger charge is -2.08. The highest BCUT2D eigenvalue weighted by Gasteiger charge is 2.10. The second kappa shape index (κ2) is 6.93. The van der Waals surface area contributed by atoms with E-state index in [-0.39, 0.29) is 10.8 Å². The van der Waals surface area contributed by atoms with Crippen LogP contribution in [0.3, 0.4) is 0 Å². The Bertz CT molecular complexity index is 780. The Labute approximate surface area is 136 Å². The van der Waals surface area contributed by atoms with Crippen LogP contribution in [0.2, 0.25) is 0 Å². The zero-order valence-corrected chi connectivity index (χ0v) is 13.9. The molecule has 0 aromatic heterocycles. The van der Waals surface area contributed by atoms with Crippen molar-refractivity contribution in [2.45, 2.75) is 31.2 Å². The van der Waals surface area contributed by atoms with Crippen LogP contribution in [-0.2, 0) is 16.6 Å². The zero-order chi connectivity index (χ0) is 17.0. The van der Waals surface area contributed by atoms with Gasteiger partial charge >= 0.3 is 0 Å². The predicted octanol–water partition coefficient (Wildman–Crippen LogP) is 2.39. The van der Waals surface area contributed by atoms with Crippen molar-refractivity contribution in [2.75, 3.05) is 0 Å². The summed E-state index contributed by atoms with van der Waals surface area (Å²) in [6.45, 7) is 4.66. The molecule has 122 valence electrons. The van der Waals surface area contributed by atoms with E-state index in [4.69, 9.17) is 5.14 Å². The van der Waals surface area contributed by atoms with E-state index in [9.17, 15) is 13.2 Å². The molecular weight excluding hydrogens is 312 g/mol. The van der Waals surface area contributed by atoms with Crippen molar-refractivity contribution in [1.82, 2.24) is 5.32 Å². The minimum absolute atomic E-state index is 0.0154. The van der Waals surface area contributed by atoms with Gasteiger partial charge in [0.25, 0.3) is 5.91 Å². The molecule has 0 aliphatic carbocycles. The van der Waals surface area contributed by atoms with Gasteiger partial charge in [0.1, 0.15) is 0 Å². The molecule has 3 N–H and O–H groups in total. The van der Waals surface area contributed by atoms with Crippen LogP contribution in [0, 0.1) is 0 Å². The lowest BCUT2D eigenvalue weighted by molar-refractivity contribution is 0.0951. The molecule has 2 aromatic carbocycles. The molecule has 0 heterocycles. The van der Waals surface area contributed by atoms with Crippen LogP contribution in [0.5, 0.6) is 0 Å². The maximum atomic E-state index is 12.1. The first-order valence-electron chi connectivity index (χ1n) is 7.27. The van der Waals surface area contributed by atoms with Crippen LogP contribution in [0.25, 0.3) is 0 Å². The van der Waals surface area contributed by atoms with Crippen molar-refractivity contribution in [3.8, 4) is 0 Å². The highest BCUT2D eigenvalue weighted by molar-refractivity contribution is 7.89. The van der Waals surface area contributed by atoms with Crippen molar-refractivity contribution in [2.24, 2.45) is 5.14 Å². The fourth-order valence-electron chi connectivity index (χ4n) is 2.10. The molecule has 0 radical (unpaired) electrons. The molecule has 5 nitrogen and oxygen atoms in total. The van der Waals surface area contributed by atoms with Gasteiger partial charge in [0.05, 0.1) is 4.90 Å². The van der Waals surface area contributed by atoms with Crippen LogP contribution in [0.4, 0.5) is 0 Å². The third-order valence-corrected chi connectivity index (χ3v) is 4.47. The second-order valence-corrected chi connectivity index (χ2v) is 7.21. The number of benzene rings is 2. The van der Waals surface area contributed by atoms with E-state index in [2.05, 4.69) is 19.2 Å². The SMILES string of the molecule is CC(C)c1ccc(CNC(=O)c2ccc(S(N)(=O)=O)cc2)cc1. The number of hydrogen-bond donors (Lipinski definition) is 2. The van der Waals surface area contributed by atoms with Gasteiger partial charge in [0.2, 0.25) is 10.0 Å². The Hall–Kier alpha value is -2.18. The average Bonchev–Trinajstić information content (AvgIpc) is 2.52. The number of carbonyl (C=O) groups excluding carboxylic acids is 1. The molecule has 0 saturated carbocycles. The molecule has 0 aliphatic rings. The van der Waals surface area contributed by atoms with Crippen LogP contribution >= 0.6 is 0 Å². The maximum Gasteiger partial charge on any atom is 0.251 e. The smallest absolute Gasteiger partial charge is 0.251 e. The molecule has 2 rings (SSSR count). The summed E-state index contributed by atoms with van der Waals surface area (Å²) < 4.78 is 22.4. The van der Waals surface area contributed by atoms with Crippen LogP contribution in [-0.4, -0.2) is 14.3 Å². The Morgan fingerprint density at radius 2 is 1.61 bits per heavy atom. The average molecular weight is 332 g/mol. The number of hydrogen-bond acceptors (Lipinski definition) is 3. The van der Waals surface area contributed by atoms with Gasteiger partial charge in [-0.25, -0.2) is 13.6 Å². The van der Waals surface area contributed by atoms with Gasteiger partial charge in [-0.15, -0.1) is 0 Å². The molecule has 0 unspecified atom stereocenters. The van der Waals surface area contributed by atoms with E-state index in [1.807, 2.05) is 24.3 Å². The fraction of sp³-hybridized carbons (Fsp3) is 0.235. The Morgan fingerprint density at radius 1 is 1.04 bits per heavy atom. The van der Waals surface area contributed by atoms with Gasteiger partial charge in [-0.3, -0.25) is 4.79 Å². The number of carbonyl (C=O) groups is 1. The molecular formula is C17H20N2O3S. The van der Waals surface area contributed by atoms with E-state index in [0.29, 0.717) is 18.0 Å². The van der Waals surface area contributed by atoms with E-state index in [0.717, 1.165) is 5.56 Å². The maximum absolute atomic E-state index is 12.1. The molecule has 0 atom stereocenters. The first-order valence-corrected chi connectivity index (χ1v) is 8.82. The molecule has 0 saturated heterocycles. The summed E-state index contributed by atoms with van der Waals surface area (Å²) in [5, 5.41) is 7.83. The van der Waals surface area contributed by atoms with Gasteiger partial charge < -0.3 is 5.32 Å². The fourth-order valence-corrected chi connectivity index (χ4v) is 2.62. The number of sulfonamides is 1. The number of nitrogens with one attached hydrogen (secondary N) is 1. The molecule has 0 bridgehead atoms. The predicted molar refractivity (Wildman–Crippen MR) is 89.5 cm³/mol. The van der Waals surface area contributed by atoms with Gasteiger partial charge in [0, 0.05) is 12.1 Å². The lowest BCUT2D eigenvalue weighted by atomic mass is 10.0. The minimum atomic E-state index is -3.74. The molecule has 0 aliphatic heterocycles. The van der Waals surface area contributed by atoms with E-state index in [1.165, 1.54) is 29.8 Å². The lowest BCUT2D eigenvalue weighted by Crippen LogP contribution is -2.23. The normalized spacial score (nSPS) is 11.5. The summed E-state index contributed by atoms with van der Waals surface area (Å²) in [6.07, 6.45) is 0. The largest absolute Gasteiger partial charge is 0.348 e. The number of primary sulfonamides is 1. The summed E-state index contributed by atoms with van der Waals surface area (Å²) >= 11 is 0. The van der Waals surface area contributed by atoms with Gasteiger partial charge in [-0.1, -0.05) is 38.1 Å². The molecule has 0 spiro atoms. The van der Waals surface area contributed by atoms with Gasteiger partial charge in [-0.05, 0) is 41.3 Å². The van der Waals surface area contributed by atoms with Crippen molar-refractivity contribution in [3.63, 3.8) is 0 Å². The number of rotatable bonds is 5. The number of nitrogens with two attached hydrogens (primary N) is 1. The van der Waals surface area contributed by atoms with Crippen molar-refractivity contribution in [3.05, 3.63) is 65.2 Å². The molecule has 23 heavy (non-hydrogen) atoms. The van der Waals surface area contributed by atoms with E-state index in [1.54, 1.807) is 0 Å². The third-order valence-electron chi connectivity index (χ3n) is 3.54. The van der Waals surface area contributed by atoms with Gasteiger partial charge in [0.15, 0.2) is 0 Å². The third kappa shape index (κ3) is 4.64. The van der Waals surface area contributed by atoms with Crippen LogP contribution < -0.4 is 10.5 Å². The summed E-state index contributed by atoms with van der Waals surface area (Å²) in [4.78, 5) is 12.0. The molecule has 6 heteroatoms. The Balaban J connectivity index is 1.99. The molecule has 0 fully saturated rings. The second-order valence-electron chi connectivity index (χ2n) is 5.65. The van der Waals surface area contributed by atoms with E-state index >= 15 is 0 Å². The van der Waals surface area contributed by atoms with Crippen molar-refractivity contribution in [1.29, 1.82) is 0 Å². The summed E-state index contributed by atoms with van der Waals surface area (Å²) in [7, 11) is -3.74. The summed E-state index contributed by atoms with van der Waals surface area (Å²) in [6, 6.07) is 13.6. The topological polar surface area (TPSA) is 89.3 Å². The quantitative estimate of drug-likeness (QED) is 0.881. The zero-order valence-electron chi connectivity index (χ0n) is 13.1. The first kappa shape index (κ1) is 17.2. The standard InChI is InChI=1S/C17H20N2O3S/c1-12(2)14-5-3-13(4-6-14)11-19-17(20)15-7-9-16(10-8-15)23(18,21)22/h3-10,12H,11H2,1-2H3,(H,19,20)(H2,18,21,22). The van der Waals surface area contributed by atoms with Crippen LogP contribution in [0.15, 0.2) is 53.4 Å². The highest BCUT2D eigenvalue weighted by Crippen LogP contribution is 2.15. The van der Waals surface area contributed by atoms with Crippen LogP contribution in [0.1, 0.15) is 41.3 Å². The van der Waals surface area contributed by atoms with E-state index < -0.39 is 10.0 Å². The Morgan fingerprint density at radius 3 is 2.09 bits per heavy atom. The Kier molecular flexibility index (Phi) is 5.18. The molecule has 2 aromatic rings. The summed E-state index contributed by atoms with van der Waals surface area (Å²) in [5.74, 6) is 0.204. The van der Waals surface area contributed by atoms with Gasteiger partial charge in [-0.2, -0.15) is 0 Å². The van der Waals surface area contributed by atoms with Crippen molar-refractivity contribution < 1.29 is 13.2 Å². The monoisotopic (exact) mass is 332 g/mol. The first-order chi connectivity index (χ1) is 10.8. The number of amides is 1. The highest BCUT2D eigenvalue weighted by atomic mass is 32.2.